The summed E-state index contributed by atoms with van der Waals surface area (Å²) < 4.78 is 2.51. The van der Waals surface area contributed by atoms with Gasteiger partial charge < -0.3 is 0 Å². The van der Waals surface area contributed by atoms with Crippen LogP contribution in [0.5, 0.6) is 0 Å². The molecule has 0 fully saturated rings. The first-order chi connectivity index (χ1) is 7.29. The van der Waals surface area contributed by atoms with Crippen molar-refractivity contribution in [3.63, 3.8) is 0 Å². The molecule has 0 saturated heterocycles. The Labute approximate surface area is 91.7 Å². The van der Waals surface area contributed by atoms with E-state index < -0.39 is 0 Å². The van der Waals surface area contributed by atoms with Gasteiger partial charge in [-0.2, -0.15) is 0 Å². The Kier molecular flexibility index (Phi) is 3.14. The van der Waals surface area contributed by atoms with Crippen molar-refractivity contribution in [3.05, 3.63) is 30.1 Å². The Hall–Kier alpha value is -1.18. The average molecular weight is 203 g/mol. The van der Waals surface area contributed by atoms with E-state index in [1.54, 1.807) is 0 Å². The number of nitrogens with zero attached hydrogens (tertiary/aromatic N) is 2. The molecule has 0 N–H and O–H groups in total. The molecule has 0 aromatic carbocycles. The second-order valence-electron chi connectivity index (χ2n) is 4.43. The van der Waals surface area contributed by atoms with Crippen molar-refractivity contribution in [2.45, 2.75) is 39.2 Å². The molecule has 0 aliphatic carbocycles. The van der Waals surface area contributed by atoms with Gasteiger partial charge in [0.1, 0.15) is 12.6 Å². The van der Waals surface area contributed by atoms with Crippen molar-refractivity contribution in [2.75, 3.05) is 6.54 Å². The minimum Gasteiger partial charge on any atom is -0.264 e. The molecule has 2 heterocycles. The van der Waals surface area contributed by atoms with Crippen LogP contribution in [0.4, 0.5) is 0 Å². The maximum Gasteiger partial charge on any atom is 0.185 e. The maximum absolute atomic E-state index is 4.21. The molecular weight excluding hydrogens is 184 g/mol. The summed E-state index contributed by atoms with van der Waals surface area (Å²) in [6.45, 7) is 5.73. The first kappa shape index (κ1) is 10.3. The van der Waals surface area contributed by atoms with Crippen molar-refractivity contribution in [3.8, 4) is 0 Å². The number of aromatic nitrogens is 1. The molecule has 0 atom stereocenters. The summed E-state index contributed by atoms with van der Waals surface area (Å²) in [5.41, 5.74) is 2.77. The molecule has 2 rings (SSSR count). The van der Waals surface area contributed by atoms with Crippen LogP contribution >= 0.6 is 0 Å². The summed E-state index contributed by atoms with van der Waals surface area (Å²) in [5, 5.41) is 0. The number of hydrogen-bond acceptors (Lipinski definition) is 1. The van der Waals surface area contributed by atoms with E-state index in [4.69, 9.17) is 0 Å². The molecule has 2 heteroatoms. The second kappa shape index (κ2) is 4.56. The lowest BCUT2D eigenvalue weighted by Crippen LogP contribution is -2.32. The van der Waals surface area contributed by atoms with Gasteiger partial charge in [-0.3, -0.25) is 4.98 Å². The molecule has 1 aromatic heterocycles. The van der Waals surface area contributed by atoms with Gasteiger partial charge in [-0.1, -0.05) is 0 Å². The summed E-state index contributed by atoms with van der Waals surface area (Å²) in [6, 6.07) is 4.79. The van der Waals surface area contributed by atoms with Crippen LogP contribution in [0, 0.1) is 0 Å². The minimum absolute atomic E-state index is 0.598. The van der Waals surface area contributed by atoms with Gasteiger partial charge >= 0.3 is 0 Å². The van der Waals surface area contributed by atoms with E-state index in [-0.39, 0.29) is 0 Å². The predicted molar refractivity (Wildman–Crippen MR) is 62.5 cm³/mol. The first-order valence-electron chi connectivity index (χ1n) is 5.82. The SMILES string of the molecule is CC(C)[N+]1=C(c2cccnc2)CCCC1. The number of hydrogen-bond donors (Lipinski definition) is 0. The van der Waals surface area contributed by atoms with Crippen LogP contribution in [-0.4, -0.2) is 27.9 Å². The van der Waals surface area contributed by atoms with Crippen LogP contribution in [0.2, 0.25) is 0 Å². The molecule has 2 nitrogen and oxygen atoms in total. The largest absolute Gasteiger partial charge is 0.264 e. The van der Waals surface area contributed by atoms with Crippen LogP contribution in [0.3, 0.4) is 0 Å². The van der Waals surface area contributed by atoms with E-state index in [1.165, 1.54) is 37.1 Å². The summed E-state index contributed by atoms with van der Waals surface area (Å²) in [5.74, 6) is 0. The third-order valence-electron chi connectivity index (χ3n) is 3.03. The normalized spacial score (nSPS) is 17.3. The predicted octanol–water partition coefficient (Wildman–Crippen LogP) is 2.48. The maximum atomic E-state index is 4.21. The summed E-state index contributed by atoms with van der Waals surface area (Å²) in [6.07, 6.45) is 7.65. The zero-order valence-electron chi connectivity index (χ0n) is 9.61. The van der Waals surface area contributed by atoms with Crippen molar-refractivity contribution < 1.29 is 4.58 Å². The van der Waals surface area contributed by atoms with Gasteiger partial charge in [0.2, 0.25) is 0 Å². The molecule has 0 unspecified atom stereocenters. The van der Waals surface area contributed by atoms with E-state index in [0.29, 0.717) is 6.04 Å². The Bertz CT molecular complexity index is 352. The monoisotopic (exact) mass is 203 g/mol. The number of pyridine rings is 1. The van der Waals surface area contributed by atoms with Crippen LogP contribution in [0.15, 0.2) is 24.5 Å². The zero-order valence-corrected chi connectivity index (χ0v) is 9.61. The van der Waals surface area contributed by atoms with Crippen molar-refractivity contribution >= 4 is 5.71 Å². The second-order valence-corrected chi connectivity index (χ2v) is 4.43. The highest BCUT2D eigenvalue weighted by Crippen LogP contribution is 2.14. The Morgan fingerprint density at radius 1 is 1.33 bits per heavy atom. The molecule has 0 bridgehead atoms. The highest BCUT2D eigenvalue weighted by Gasteiger charge is 2.23. The van der Waals surface area contributed by atoms with Gasteiger partial charge in [-0.25, -0.2) is 4.58 Å². The Morgan fingerprint density at radius 3 is 2.87 bits per heavy atom. The third-order valence-corrected chi connectivity index (χ3v) is 3.03. The highest BCUT2D eigenvalue weighted by atomic mass is 15.0. The van der Waals surface area contributed by atoms with Crippen molar-refractivity contribution in [1.82, 2.24) is 4.98 Å². The molecule has 1 aromatic rings. The minimum atomic E-state index is 0.598. The van der Waals surface area contributed by atoms with E-state index in [0.717, 1.165) is 0 Å². The van der Waals surface area contributed by atoms with Crippen LogP contribution in [-0.2, 0) is 0 Å². The fourth-order valence-electron chi connectivity index (χ4n) is 2.27. The molecule has 0 spiro atoms. The van der Waals surface area contributed by atoms with Gasteiger partial charge in [0, 0.05) is 25.2 Å². The van der Waals surface area contributed by atoms with Crippen molar-refractivity contribution in [2.24, 2.45) is 0 Å². The summed E-state index contributed by atoms with van der Waals surface area (Å²) in [4.78, 5) is 4.21. The standard InChI is InChI=1S/C13H19N2/c1-11(2)15-9-4-3-7-13(15)12-6-5-8-14-10-12/h5-6,8,10-11H,3-4,7,9H2,1-2H3/q+1. The molecule has 0 radical (unpaired) electrons. The molecular formula is C13H19N2+. The third kappa shape index (κ3) is 2.25. The average Bonchev–Trinajstić information content (AvgIpc) is 2.30. The fourth-order valence-corrected chi connectivity index (χ4v) is 2.27. The van der Waals surface area contributed by atoms with Gasteiger partial charge in [-0.15, -0.1) is 0 Å². The van der Waals surface area contributed by atoms with E-state index >= 15 is 0 Å². The Morgan fingerprint density at radius 2 is 2.20 bits per heavy atom. The van der Waals surface area contributed by atoms with Crippen LogP contribution in [0.1, 0.15) is 38.7 Å². The van der Waals surface area contributed by atoms with Crippen molar-refractivity contribution in [1.29, 1.82) is 0 Å². The van der Waals surface area contributed by atoms with E-state index in [2.05, 4.69) is 29.5 Å². The lowest BCUT2D eigenvalue weighted by molar-refractivity contribution is -0.563. The van der Waals surface area contributed by atoms with Gasteiger partial charge in [0.25, 0.3) is 0 Å². The molecule has 1 aliphatic rings. The van der Waals surface area contributed by atoms with Gasteiger partial charge in [-0.05, 0) is 32.4 Å². The van der Waals surface area contributed by atoms with Crippen LogP contribution in [0.25, 0.3) is 0 Å². The fraction of sp³-hybridized carbons (Fsp3) is 0.538. The van der Waals surface area contributed by atoms with E-state index in [9.17, 15) is 0 Å². The molecule has 1 aliphatic heterocycles. The number of rotatable bonds is 2. The summed E-state index contributed by atoms with van der Waals surface area (Å²) in [7, 11) is 0. The van der Waals surface area contributed by atoms with Crippen LogP contribution < -0.4 is 0 Å². The molecule has 15 heavy (non-hydrogen) atoms. The van der Waals surface area contributed by atoms with Gasteiger partial charge in [0.15, 0.2) is 5.71 Å². The molecule has 0 amide bonds. The van der Waals surface area contributed by atoms with Gasteiger partial charge in [0.05, 0.1) is 5.56 Å². The molecule has 0 saturated carbocycles. The topological polar surface area (TPSA) is 15.9 Å². The first-order valence-corrected chi connectivity index (χ1v) is 5.82. The zero-order chi connectivity index (χ0) is 10.7. The smallest absolute Gasteiger partial charge is 0.185 e. The quantitative estimate of drug-likeness (QED) is 0.674. The summed E-state index contributed by atoms with van der Waals surface area (Å²) >= 11 is 0. The van der Waals surface area contributed by atoms with E-state index in [1.807, 2.05) is 18.5 Å². The highest BCUT2D eigenvalue weighted by molar-refractivity contribution is 5.96. The molecule has 80 valence electrons. The Balaban J connectivity index is 2.39. The lowest BCUT2D eigenvalue weighted by atomic mass is 10.0. The lowest BCUT2D eigenvalue weighted by Gasteiger charge is -2.17.